The summed E-state index contributed by atoms with van der Waals surface area (Å²) < 4.78 is 0.745. The maximum absolute atomic E-state index is 11.8. The summed E-state index contributed by atoms with van der Waals surface area (Å²) in [7, 11) is 0. The van der Waals surface area contributed by atoms with E-state index in [-0.39, 0.29) is 11.1 Å². The molecule has 0 radical (unpaired) electrons. The van der Waals surface area contributed by atoms with Crippen molar-refractivity contribution >= 4 is 33.5 Å². The Morgan fingerprint density at radius 1 is 1.18 bits per heavy atom. The molecule has 0 atom stereocenters. The Labute approximate surface area is 107 Å². The van der Waals surface area contributed by atoms with Gasteiger partial charge < -0.3 is 10.4 Å². The van der Waals surface area contributed by atoms with Gasteiger partial charge >= 0.3 is 5.97 Å². The molecular weight excluding hydrogens is 286 g/mol. The summed E-state index contributed by atoms with van der Waals surface area (Å²) >= 11 is 3.29. The Bertz CT molecular complexity index is 494. The number of hydrogen-bond donors (Lipinski definition) is 2. The molecule has 0 fully saturated rings. The van der Waals surface area contributed by atoms with Crippen molar-refractivity contribution in [3.8, 4) is 0 Å². The summed E-state index contributed by atoms with van der Waals surface area (Å²) in [6, 6.07) is 7.12. The van der Waals surface area contributed by atoms with Gasteiger partial charge in [-0.25, -0.2) is 4.79 Å². The highest BCUT2D eigenvalue weighted by Crippen LogP contribution is 2.22. The Kier molecular flexibility index (Phi) is 4.45. The number of amides is 1. The molecule has 90 valence electrons. The van der Waals surface area contributed by atoms with E-state index in [9.17, 15) is 9.59 Å². The topological polar surface area (TPSA) is 66.4 Å². The molecule has 1 aromatic carbocycles. The van der Waals surface area contributed by atoms with Gasteiger partial charge in [0.05, 0.1) is 5.69 Å². The fraction of sp³-hybridized carbons (Fsp3) is 0.167. The van der Waals surface area contributed by atoms with Crippen LogP contribution in [0.5, 0.6) is 0 Å². The van der Waals surface area contributed by atoms with E-state index in [0.29, 0.717) is 5.69 Å². The zero-order chi connectivity index (χ0) is 13.0. The number of anilines is 1. The average Bonchev–Trinajstić information content (AvgIpc) is 2.30. The molecule has 0 bridgehead atoms. The zero-order valence-corrected chi connectivity index (χ0v) is 11.0. The second-order valence-corrected chi connectivity index (χ2v) is 4.34. The van der Waals surface area contributed by atoms with Crippen molar-refractivity contribution in [2.75, 3.05) is 5.32 Å². The van der Waals surface area contributed by atoms with E-state index in [1.807, 2.05) is 6.07 Å². The van der Waals surface area contributed by atoms with Crippen LogP contribution in [0.1, 0.15) is 13.8 Å². The molecule has 4 nitrogen and oxygen atoms in total. The quantitative estimate of drug-likeness (QED) is 0.843. The molecule has 1 rings (SSSR count). The van der Waals surface area contributed by atoms with E-state index in [2.05, 4.69) is 21.2 Å². The van der Waals surface area contributed by atoms with Crippen molar-refractivity contribution < 1.29 is 14.7 Å². The summed E-state index contributed by atoms with van der Waals surface area (Å²) in [5.74, 6) is -1.51. The number of benzene rings is 1. The lowest BCUT2D eigenvalue weighted by molar-refractivity contribution is -0.133. The maximum atomic E-state index is 11.8. The van der Waals surface area contributed by atoms with Crippen molar-refractivity contribution in [2.45, 2.75) is 13.8 Å². The van der Waals surface area contributed by atoms with E-state index < -0.39 is 11.9 Å². The number of carboxylic acid groups (broad SMARTS) is 1. The van der Waals surface area contributed by atoms with Crippen LogP contribution in [-0.4, -0.2) is 17.0 Å². The van der Waals surface area contributed by atoms with Crippen LogP contribution in [-0.2, 0) is 9.59 Å². The van der Waals surface area contributed by atoms with Gasteiger partial charge in [0.1, 0.15) is 0 Å². The number of aliphatic carboxylic acids is 1. The fourth-order valence-corrected chi connectivity index (χ4v) is 1.49. The van der Waals surface area contributed by atoms with Gasteiger partial charge in [-0.3, -0.25) is 4.79 Å². The van der Waals surface area contributed by atoms with Gasteiger partial charge in [-0.05, 0) is 41.9 Å². The third-order valence-electron chi connectivity index (χ3n) is 2.35. The van der Waals surface area contributed by atoms with Crippen LogP contribution in [0.4, 0.5) is 5.69 Å². The lowest BCUT2D eigenvalue weighted by atomic mass is 10.1. The Hall–Kier alpha value is -1.62. The van der Waals surface area contributed by atoms with Crippen LogP contribution >= 0.6 is 15.9 Å². The number of carbonyl (C=O) groups is 2. The van der Waals surface area contributed by atoms with E-state index in [1.54, 1.807) is 18.2 Å². The van der Waals surface area contributed by atoms with Gasteiger partial charge in [0.25, 0.3) is 5.91 Å². The summed E-state index contributed by atoms with van der Waals surface area (Å²) in [6.45, 7) is 2.88. The highest BCUT2D eigenvalue weighted by Gasteiger charge is 2.13. The molecular formula is C12H12BrNO3. The standard InChI is InChI=1S/C12H12BrNO3/c1-7(8(2)12(16)17)11(15)14-10-6-4-3-5-9(10)13/h3-6H,1-2H3,(H,14,15)(H,16,17)/b8-7-. The highest BCUT2D eigenvalue weighted by molar-refractivity contribution is 9.10. The van der Waals surface area contributed by atoms with E-state index in [0.717, 1.165) is 4.47 Å². The van der Waals surface area contributed by atoms with Crippen molar-refractivity contribution in [1.29, 1.82) is 0 Å². The first-order valence-corrected chi connectivity index (χ1v) is 5.69. The monoisotopic (exact) mass is 297 g/mol. The number of nitrogens with one attached hydrogen (secondary N) is 1. The second kappa shape index (κ2) is 5.63. The van der Waals surface area contributed by atoms with Crippen LogP contribution < -0.4 is 5.32 Å². The second-order valence-electron chi connectivity index (χ2n) is 3.49. The summed E-state index contributed by atoms with van der Waals surface area (Å²) in [6.07, 6.45) is 0. The molecule has 0 aliphatic heterocycles. The predicted molar refractivity (Wildman–Crippen MR) is 68.8 cm³/mol. The van der Waals surface area contributed by atoms with Crippen LogP contribution in [0, 0.1) is 0 Å². The molecule has 0 aromatic heterocycles. The maximum Gasteiger partial charge on any atom is 0.331 e. The average molecular weight is 298 g/mol. The minimum Gasteiger partial charge on any atom is -0.478 e. The predicted octanol–water partition coefficient (Wildman–Crippen LogP) is 2.81. The Morgan fingerprint density at radius 2 is 1.76 bits per heavy atom. The van der Waals surface area contributed by atoms with Crippen molar-refractivity contribution in [3.05, 3.63) is 39.9 Å². The Morgan fingerprint density at radius 3 is 2.29 bits per heavy atom. The SMILES string of the molecule is C/C(C(=O)O)=C(\C)C(=O)Nc1ccccc1Br. The van der Waals surface area contributed by atoms with E-state index in [4.69, 9.17) is 5.11 Å². The third kappa shape index (κ3) is 3.42. The molecule has 0 unspecified atom stereocenters. The molecule has 0 heterocycles. The van der Waals surface area contributed by atoms with Crippen LogP contribution in [0.3, 0.4) is 0 Å². The van der Waals surface area contributed by atoms with Gasteiger partial charge in [0.15, 0.2) is 0 Å². The van der Waals surface area contributed by atoms with E-state index in [1.165, 1.54) is 13.8 Å². The van der Waals surface area contributed by atoms with Gasteiger partial charge in [-0.15, -0.1) is 0 Å². The first-order valence-electron chi connectivity index (χ1n) is 4.90. The lowest BCUT2D eigenvalue weighted by Crippen LogP contribution is -2.16. The van der Waals surface area contributed by atoms with Gasteiger partial charge in [0, 0.05) is 15.6 Å². The fourth-order valence-electron chi connectivity index (χ4n) is 1.11. The third-order valence-corrected chi connectivity index (χ3v) is 3.04. The zero-order valence-electron chi connectivity index (χ0n) is 9.45. The van der Waals surface area contributed by atoms with Crippen molar-refractivity contribution in [2.24, 2.45) is 0 Å². The normalized spacial score (nSPS) is 11.7. The summed E-state index contributed by atoms with van der Waals surface area (Å²) in [5, 5.41) is 11.4. The number of carbonyl (C=O) groups excluding carboxylic acids is 1. The first kappa shape index (κ1) is 13.4. The molecule has 0 saturated carbocycles. The van der Waals surface area contributed by atoms with Gasteiger partial charge in [-0.1, -0.05) is 12.1 Å². The number of halogens is 1. The lowest BCUT2D eigenvalue weighted by Gasteiger charge is -2.08. The summed E-state index contributed by atoms with van der Waals surface area (Å²) in [4.78, 5) is 22.5. The number of para-hydroxylation sites is 1. The molecule has 1 amide bonds. The van der Waals surface area contributed by atoms with Gasteiger partial charge in [0.2, 0.25) is 0 Å². The summed E-state index contributed by atoms with van der Waals surface area (Å²) in [5.41, 5.74) is 0.831. The molecule has 2 N–H and O–H groups in total. The van der Waals surface area contributed by atoms with Crippen LogP contribution in [0.2, 0.25) is 0 Å². The van der Waals surface area contributed by atoms with Crippen LogP contribution in [0.25, 0.3) is 0 Å². The van der Waals surface area contributed by atoms with Crippen molar-refractivity contribution in [1.82, 2.24) is 0 Å². The largest absolute Gasteiger partial charge is 0.478 e. The van der Waals surface area contributed by atoms with Crippen molar-refractivity contribution in [3.63, 3.8) is 0 Å². The number of hydrogen-bond acceptors (Lipinski definition) is 2. The molecule has 0 aliphatic rings. The molecule has 0 spiro atoms. The van der Waals surface area contributed by atoms with Gasteiger partial charge in [-0.2, -0.15) is 0 Å². The minimum absolute atomic E-state index is 0.0366. The highest BCUT2D eigenvalue weighted by atomic mass is 79.9. The number of rotatable bonds is 3. The first-order chi connectivity index (χ1) is 7.93. The molecule has 17 heavy (non-hydrogen) atoms. The Balaban J connectivity index is 2.91. The van der Waals surface area contributed by atoms with E-state index >= 15 is 0 Å². The molecule has 0 aliphatic carbocycles. The van der Waals surface area contributed by atoms with Crippen LogP contribution in [0.15, 0.2) is 39.9 Å². The molecule has 1 aromatic rings. The smallest absolute Gasteiger partial charge is 0.331 e. The number of carboxylic acids is 1. The molecule has 0 saturated heterocycles. The molecule has 5 heteroatoms. The minimum atomic E-state index is -1.09.